The van der Waals surface area contributed by atoms with E-state index in [1.807, 2.05) is 13.0 Å². The third kappa shape index (κ3) is 2.71. The zero-order chi connectivity index (χ0) is 10.8. The first-order valence-electron chi connectivity index (χ1n) is 5.55. The third-order valence-electron chi connectivity index (χ3n) is 3.11. The Kier molecular flexibility index (Phi) is 3.29. The van der Waals surface area contributed by atoms with Gasteiger partial charge >= 0.3 is 0 Å². The summed E-state index contributed by atoms with van der Waals surface area (Å²) in [6.07, 6.45) is 3.92. The SMILES string of the molecule is Cc1nc(Br)ccc1NC1CCC(C)C1. The second-order valence-corrected chi connectivity index (χ2v) is 5.34. The average molecular weight is 269 g/mol. The molecule has 15 heavy (non-hydrogen) atoms. The Morgan fingerprint density at radius 2 is 2.20 bits per heavy atom. The molecule has 0 amide bonds. The molecule has 0 aliphatic heterocycles. The van der Waals surface area contributed by atoms with E-state index in [1.165, 1.54) is 24.9 Å². The molecular formula is C12H17BrN2. The zero-order valence-corrected chi connectivity index (χ0v) is 10.8. The second-order valence-electron chi connectivity index (χ2n) is 4.53. The molecule has 1 aromatic rings. The summed E-state index contributed by atoms with van der Waals surface area (Å²) in [5.41, 5.74) is 2.25. The van der Waals surface area contributed by atoms with Gasteiger partial charge in [0.1, 0.15) is 4.60 Å². The molecule has 1 heterocycles. The van der Waals surface area contributed by atoms with E-state index in [4.69, 9.17) is 0 Å². The van der Waals surface area contributed by atoms with Gasteiger partial charge in [-0.3, -0.25) is 0 Å². The minimum Gasteiger partial charge on any atom is -0.381 e. The Balaban J connectivity index is 2.04. The predicted octanol–water partition coefficient (Wildman–Crippen LogP) is 3.75. The number of anilines is 1. The normalized spacial score (nSPS) is 25.5. The van der Waals surface area contributed by atoms with Crippen LogP contribution < -0.4 is 5.32 Å². The van der Waals surface area contributed by atoms with Crippen LogP contribution in [0.15, 0.2) is 16.7 Å². The molecule has 2 atom stereocenters. The lowest BCUT2D eigenvalue weighted by Gasteiger charge is -2.15. The van der Waals surface area contributed by atoms with Gasteiger partial charge in [-0.25, -0.2) is 4.98 Å². The first-order valence-corrected chi connectivity index (χ1v) is 6.34. The summed E-state index contributed by atoms with van der Waals surface area (Å²) in [5.74, 6) is 0.867. The summed E-state index contributed by atoms with van der Waals surface area (Å²) in [6, 6.07) is 4.74. The summed E-state index contributed by atoms with van der Waals surface area (Å²) in [7, 11) is 0. The van der Waals surface area contributed by atoms with Crippen molar-refractivity contribution in [3.05, 3.63) is 22.4 Å². The molecule has 1 aromatic heterocycles. The maximum atomic E-state index is 4.39. The van der Waals surface area contributed by atoms with Crippen molar-refractivity contribution in [2.75, 3.05) is 5.32 Å². The lowest BCUT2D eigenvalue weighted by atomic mass is 10.1. The highest BCUT2D eigenvalue weighted by Crippen LogP contribution is 2.28. The number of nitrogens with zero attached hydrogens (tertiary/aromatic N) is 1. The molecule has 2 unspecified atom stereocenters. The molecule has 1 fully saturated rings. The van der Waals surface area contributed by atoms with Crippen LogP contribution in [0.3, 0.4) is 0 Å². The molecular weight excluding hydrogens is 252 g/mol. The third-order valence-corrected chi connectivity index (χ3v) is 3.55. The smallest absolute Gasteiger partial charge is 0.106 e. The number of hydrogen-bond acceptors (Lipinski definition) is 2. The fraction of sp³-hybridized carbons (Fsp3) is 0.583. The lowest BCUT2D eigenvalue weighted by molar-refractivity contribution is 0.602. The fourth-order valence-electron chi connectivity index (χ4n) is 2.24. The summed E-state index contributed by atoms with van der Waals surface area (Å²) in [4.78, 5) is 4.39. The van der Waals surface area contributed by atoms with Gasteiger partial charge in [-0.15, -0.1) is 0 Å². The van der Waals surface area contributed by atoms with Gasteiger partial charge in [0.25, 0.3) is 0 Å². The van der Waals surface area contributed by atoms with Crippen LogP contribution >= 0.6 is 15.9 Å². The van der Waals surface area contributed by atoms with E-state index in [2.05, 4.69) is 39.2 Å². The van der Waals surface area contributed by atoms with Crippen molar-refractivity contribution in [3.63, 3.8) is 0 Å². The van der Waals surface area contributed by atoms with Crippen molar-refractivity contribution in [2.24, 2.45) is 5.92 Å². The van der Waals surface area contributed by atoms with Crippen LogP contribution in [0.5, 0.6) is 0 Å². The van der Waals surface area contributed by atoms with Crippen molar-refractivity contribution in [1.29, 1.82) is 0 Å². The minimum atomic E-state index is 0.640. The Morgan fingerprint density at radius 3 is 2.80 bits per heavy atom. The monoisotopic (exact) mass is 268 g/mol. The van der Waals surface area contributed by atoms with Gasteiger partial charge < -0.3 is 5.32 Å². The molecule has 1 N–H and O–H groups in total. The highest BCUT2D eigenvalue weighted by atomic mass is 79.9. The predicted molar refractivity (Wildman–Crippen MR) is 67.1 cm³/mol. The second kappa shape index (κ2) is 4.52. The first kappa shape index (κ1) is 10.9. The zero-order valence-electron chi connectivity index (χ0n) is 9.26. The molecule has 2 nitrogen and oxygen atoms in total. The highest BCUT2D eigenvalue weighted by molar-refractivity contribution is 9.10. The Morgan fingerprint density at radius 1 is 1.40 bits per heavy atom. The van der Waals surface area contributed by atoms with Gasteiger partial charge in [0.05, 0.1) is 11.4 Å². The summed E-state index contributed by atoms with van der Waals surface area (Å²) >= 11 is 3.38. The quantitative estimate of drug-likeness (QED) is 0.827. The summed E-state index contributed by atoms with van der Waals surface area (Å²) < 4.78 is 0.908. The molecule has 1 saturated carbocycles. The van der Waals surface area contributed by atoms with E-state index in [1.54, 1.807) is 0 Å². The molecule has 82 valence electrons. The van der Waals surface area contributed by atoms with E-state index in [-0.39, 0.29) is 0 Å². The van der Waals surface area contributed by atoms with Crippen molar-refractivity contribution >= 4 is 21.6 Å². The van der Waals surface area contributed by atoms with E-state index < -0.39 is 0 Å². The number of aryl methyl sites for hydroxylation is 1. The number of aromatic nitrogens is 1. The van der Waals surface area contributed by atoms with Gasteiger partial charge in [0, 0.05) is 6.04 Å². The highest BCUT2D eigenvalue weighted by Gasteiger charge is 2.21. The van der Waals surface area contributed by atoms with Gasteiger partial charge in [-0.1, -0.05) is 6.92 Å². The van der Waals surface area contributed by atoms with Crippen LogP contribution in [-0.4, -0.2) is 11.0 Å². The molecule has 2 rings (SSSR count). The van der Waals surface area contributed by atoms with Crippen LogP contribution in [0, 0.1) is 12.8 Å². The fourth-order valence-corrected chi connectivity index (χ4v) is 2.64. The largest absolute Gasteiger partial charge is 0.381 e. The van der Waals surface area contributed by atoms with E-state index in [0.29, 0.717) is 6.04 Å². The molecule has 1 aliphatic rings. The number of pyridine rings is 1. The molecule has 0 bridgehead atoms. The molecule has 1 aliphatic carbocycles. The van der Waals surface area contributed by atoms with Crippen LogP contribution in [0.1, 0.15) is 31.9 Å². The Bertz CT molecular complexity index is 351. The molecule has 0 radical (unpaired) electrons. The maximum Gasteiger partial charge on any atom is 0.106 e. The number of halogens is 1. The van der Waals surface area contributed by atoms with Crippen LogP contribution in [0.2, 0.25) is 0 Å². The first-order chi connectivity index (χ1) is 7.15. The topological polar surface area (TPSA) is 24.9 Å². The van der Waals surface area contributed by atoms with Crippen LogP contribution in [-0.2, 0) is 0 Å². The number of hydrogen-bond donors (Lipinski definition) is 1. The van der Waals surface area contributed by atoms with Crippen LogP contribution in [0.4, 0.5) is 5.69 Å². The molecule has 0 aromatic carbocycles. The minimum absolute atomic E-state index is 0.640. The lowest BCUT2D eigenvalue weighted by Crippen LogP contribution is -2.16. The number of rotatable bonds is 2. The standard InChI is InChI=1S/C12H17BrN2/c1-8-3-4-10(7-8)15-11-5-6-12(13)14-9(11)2/h5-6,8,10,15H,3-4,7H2,1-2H3. The molecule has 3 heteroatoms. The molecule has 0 saturated heterocycles. The van der Waals surface area contributed by atoms with Crippen molar-refractivity contribution < 1.29 is 0 Å². The van der Waals surface area contributed by atoms with E-state index in [0.717, 1.165) is 16.2 Å². The summed E-state index contributed by atoms with van der Waals surface area (Å²) in [5, 5.41) is 3.58. The van der Waals surface area contributed by atoms with E-state index >= 15 is 0 Å². The van der Waals surface area contributed by atoms with Crippen molar-refractivity contribution in [1.82, 2.24) is 4.98 Å². The van der Waals surface area contributed by atoms with Gasteiger partial charge in [0.15, 0.2) is 0 Å². The van der Waals surface area contributed by atoms with Crippen molar-refractivity contribution in [3.8, 4) is 0 Å². The molecule has 0 spiro atoms. The number of nitrogens with one attached hydrogen (secondary N) is 1. The maximum absolute atomic E-state index is 4.39. The van der Waals surface area contributed by atoms with Crippen LogP contribution in [0.25, 0.3) is 0 Å². The Hall–Kier alpha value is -0.570. The van der Waals surface area contributed by atoms with Crippen molar-refractivity contribution in [2.45, 2.75) is 39.2 Å². The van der Waals surface area contributed by atoms with Gasteiger partial charge in [-0.2, -0.15) is 0 Å². The van der Waals surface area contributed by atoms with Gasteiger partial charge in [-0.05, 0) is 60.2 Å². The van der Waals surface area contributed by atoms with Gasteiger partial charge in [0.2, 0.25) is 0 Å². The average Bonchev–Trinajstić information content (AvgIpc) is 2.56. The Labute approximate surface area is 99.6 Å². The summed E-state index contributed by atoms with van der Waals surface area (Å²) in [6.45, 7) is 4.37. The van der Waals surface area contributed by atoms with E-state index in [9.17, 15) is 0 Å².